The van der Waals surface area contributed by atoms with E-state index < -0.39 is 36.3 Å². The smallest absolute Gasteiger partial charge is 0.241 e. The quantitative estimate of drug-likeness (QED) is 0.731. The average Bonchev–Trinajstić information content (AvgIpc) is 2.77. The van der Waals surface area contributed by atoms with Gasteiger partial charge in [0.2, 0.25) is 12.2 Å². The predicted octanol–water partition coefficient (Wildman–Crippen LogP) is 3.48. The third-order valence-electron chi connectivity index (χ3n) is 6.46. The predicted molar refractivity (Wildman–Crippen MR) is 78.8 cm³/mol. The Morgan fingerprint density at radius 1 is 1.17 bits per heavy atom. The van der Waals surface area contributed by atoms with E-state index in [0.29, 0.717) is 32.3 Å². The van der Waals surface area contributed by atoms with E-state index in [1.807, 2.05) is 13.8 Å². The van der Waals surface area contributed by atoms with Crippen molar-refractivity contribution >= 4 is 0 Å². The lowest BCUT2D eigenvalue weighted by molar-refractivity contribution is -0.578. The number of rotatable bonds is 3. The summed E-state index contributed by atoms with van der Waals surface area (Å²) in [6, 6.07) is 0. The molecule has 5 aliphatic rings. The summed E-state index contributed by atoms with van der Waals surface area (Å²) < 4.78 is 45.3. The van der Waals surface area contributed by atoms with Crippen LogP contribution >= 0.6 is 0 Å². The minimum atomic E-state index is -2.38. The Labute approximate surface area is 140 Å². The number of fused-ring (bicyclic) bond motifs is 2. The number of alkyl halides is 2. The van der Waals surface area contributed by atoms with E-state index in [1.165, 1.54) is 0 Å². The molecule has 7 heteroatoms. The topological polar surface area (TPSA) is 46.2 Å². The van der Waals surface area contributed by atoms with Crippen LogP contribution in [0.3, 0.4) is 0 Å². The van der Waals surface area contributed by atoms with Crippen LogP contribution in [-0.4, -0.2) is 37.0 Å². The Hall–Kier alpha value is -0.340. The van der Waals surface area contributed by atoms with E-state index in [0.717, 1.165) is 0 Å². The zero-order valence-electron chi connectivity index (χ0n) is 14.4. The van der Waals surface area contributed by atoms with Gasteiger partial charge in [0.1, 0.15) is 0 Å². The highest BCUT2D eigenvalue weighted by molar-refractivity contribution is 5.10. The Morgan fingerprint density at radius 2 is 1.96 bits per heavy atom. The normalized spacial score (nSPS) is 53.8. The summed E-state index contributed by atoms with van der Waals surface area (Å²) in [5, 5.41) is 0. The molecule has 138 valence electrons. The van der Waals surface area contributed by atoms with Crippen molar-refractivity contribution in [1.82, 2.24) is 0 Å². The molecule has 4 heterocycles. The molecule has 4 aliphatic heterocycles. The third-order valence-corrected chi connectivity index (χ3v) is 6.46. The van der Waals surface area contributed by atoms with Gasteiger partial charge in [-0.15, -0.1) is 0 Å². The fourth-order valence-electron chi connectivity index (χ4n) is 5.28. The van der Waals surface area contributed by atoms with E-state index >= 15 is 0 Å². The second kappa shape index (κ2) is 5.84. The SMILES string of the molecule is CCO[C@H]1O[C@@H]2O[C@@]3(C)CC[C@H]4[C@H](C(F)F)CC[C@@H]([C@H]1C)[C@]24OO3. The first-order chi connectivity index (χ1) is 11.4. The molecule has 1 saturated carbocycles. The van der Waals surface area contributed by atoms with E-state index in [4.69, 9.17) is 24.0 Å². The molecule has 5 rings (SSSR count). The highest BCUT2D eigenvalue weighted by atomic mass is 19.3. The number of hydrogen-bond acceptors (Lipinski definition) is 5. The van der Waals surface area contributed by atoms with Gasteiger partial charge in [-0.3, -0.25) is 0 Å². The van der Waals surface area contributed by atoms with Crippen LogP contribution in [-0.2, 0) is 24.0 Å². The van der Waals surface area contributed by atoms with Crippen molar-refractivity contribution in [3.63, 3.8) is 0 Å². The first-order valence-corrected chi connectivity index (χ1v) is 9.01. The van der Waals surface area contributed by atoms with Crippen LogP contribution in [0.15, 0.2) is 0 Å². The van der Waals surface area contributed by atoms with Crippen molar-refractivity contribution in [3.8, 4) is 0 Å². The maximum absolute atomic E-state index is 13.7. The molecule has 0 amide bonds. The first kappa shape index (κ1) is 17.1. The molecule has 0 aromatic rings. The molecule has 0 N–H and O–H groups in total. The molecule has 1 spiro atoms. The fourth-order valence-corrected chi connectivity index (χ4v) is 5.28. The summed E-state index contributed by atoms with van der Waals surface area (Å²) in [5.41, 5.74) is -0.970. The molecule has 0 aromatic heterocycles. The van der Waals surface area contributed by atoms with Crippen molar-refractivity contribution in [3.05, 3.63) is 0 Å². The Morgan fingerprint density at radius 3 is 2.67 bits per heavy atom. The standard InChI is InChI=1S/C17H26F2O5/c1-4-20-14-9(2)11-6-5-10(13(18)19)12-7-8-16(3)22-15(21-14)17(11,12)24-23-16/h9-15H,4-8H2,1-3H3/t9-,10-,11+,12+,14+,15-,16-,17-/m1/s1. The van der Waals surface area contributed by atoms with E-state index in [9.17, 15) is 8.78 Å². The largest absolute Gasteiger partial charge is 0.353 e. The van der Waals surface area contributed by atoms with Gasteiger partial charge < -0.3 is 14.2 Å². The van der Waals surface area contributed by atoms with Crippen LogP contribution in [0, 0.1) is 23.7 Å². The van der Waals surface area contributed by atoms with Crippen LogP contribution in [0.2, 0.25) is 0 Å². The van der Waals surface area contributed by atoms with Crippen LogP contribution in [0.1, 0.15) is 46.5 Å². The lowest BCUT2D eigenvalue weighted by atomic mass is 9.58. The van der Waals surface area contributed by atoms with Gasteiger partial charge in [0, 0.05) is 36.7 Å². The molecule has 0 radical (unpaired) electrons. The van der Waals surface area contributed by atoms with Gasteiger partial charge in [-0.1, -0.05) is 6.92 Å². The maximum atomic E-state index is 13.7. The van der Waals surface area contributed by atoms with Crippen LogP contribution in [0.4, 0.5) is 8.78 Å². The average molecular weight is 348 g/mol. The summed E-state index contributed by atoms with van der Waals surface area (Å²) in [4.78, 5) is 11.5. The number of ether oxygens (including phenoxy) is 3. The second-order valence-corrected chi connectivity index (χ2v) is 7.75. The molecule has 5 fully saturated rings. The van der Waals surface area contributed by atoms with E-state index in [-0.39, 0.29) is 17.8 Å². The summed E-state index contributed by atoms with van der Waals surface area (Å²) in [5.74, 6) is -1.97. The molecule has 0 aromatic carbocycles. The van der Waals surface area contributed by atoms with Gasteiger partial charge in [-0.25, -0.2) is 18.6 Å². The number of halogens is 2. The van der Waals surface area contributed by atoms with Crippen LogP contribution in [0.25, 0.3) is 0 Å². The third kappa shape index (κ3) is 2.28. The molecule has 2 bridgehead atoms. The molecule has 24 heavy (non-hydrogen) atoms. The lowest BCUT2D eigenvalue weighted by Crippen LogP contribution is -2.71. The molecule has 8 atom stereocenters. The van der Waals surface area contributed by atoms with Gasteiger partial charge in [0.15, 0.2) is 18.2 Å². The number of hydrogen-bond donors (Lipinski definition) is 0. The zero-order chi connectivity index (χ0) is 17.1. The van der Waals surface area contributed by atoms with Gasteiger partial charge in [0.25, 0.3) is 0 Å². The Kier molecular flexibility index (Phi) is 4.16. The minimum absolute atomic E-state index is 0.00968. The van der Waals surface area contributed by atoms with Crippen molar-refractivity contribution in [2.45, 2.75) is 76.8 Å². The highest BCUT2D eigenvalue weighted by Gasteiger charge is 2.70. The monoisotopic (exact) mass is 348 g/mol. The summed E-state index contributed by atoms with van der Waals surface area (Å²) in [6.07, 6.45) is -1.28. The van der Waals surface area contributed by atoms with Crippen molar-refractivity contribution in [2.75, 3.05) is 6.61 Å². The van der Waals surface area contributed by atoms with Crippen molar-refractivity contribution in [2.24, 2.45) is 23.7 Å². The summed E-state index contributed by atoms with van der Waals surface area (Å²) in [6.45, 7) is 6.26. The zero-order valence-corrected chi connectivity index (χ0v) is 14.4. The molecule has 4 saturated heterocycles. The summed E-state index contributed by atoms with van der Waals surface area (Å²) in [7, 11) is 0. The molecular formula is C17H26F2O5. The van der Waals surface area contributed by atoms with Crippen molar-refractivity contribution < 1.29 is 32.8 Å². The van der Waals surface area contributed by atoms with Crippen LogP contribution < -0.4 is 0 Å². The Balaban J connectivity index is 1.76. The van der Waals surface area contributed by atoms with Gasteiger partial charge in [0.05, 0.1) is 0 Å². The molecule has 0 unspecified atom stereocenters. The molecule has 5 nitrogen and oxygen atoms in total. The van der Waals surface area contributed by atoms with Crippen LogP contribution in [0.5, 0.6) is 0 Å². The van der Waals surface area contributed by atoms with Gasteiger partial charge >= 0.3 is 0 Å². The highest BCUT2D eigenvalue weighted by Crippen LogP contribution is 2.61. The first-order valence-electron chi connectivity index (χ1n) is 9.01. The molecule has 1 aliphatic carbocycles. The van der Waals surface area contributed by atoms with Gasteiger partial charge in [-0.05, 0) is 33.1 Å². The lowest BCUT2D eigenvalue weighted by Gasteiger charge is -2.60. The van der Waals surface area contributed by atoms with E-state index in [1.54, 1.807) is 6.92 Å². The fraction of sp³-hybridized carbons (Fsp3) is 1.00. The maximum Gasteiger partial charge on any atom is 0.241 e. The summed E-state index contributed by atoms with van der Waals surface area (Å²) >= 11 is 0. The van der Waals surface area contributed by atoms with Crippen molar-refractivity contribution in [1.29, 1.82) is 0 Å². The second-order valence-electron chi connectivity index (χ2n) is 7.75. The Bertz CT molecular complexity index is 492. The van der Waals surface area contributed by atoms with Gasteiger partial charge in [-0.2, -0.15) is 0 Å². The van der Waals surface area contributed by atoms with E-state index in [2.05, 4.69) is 0 Å². The minimum Gasteiger partial charge on any atom is -0.353 e. The molecular weight excluding hydrogens is 322 g/mol.